The number of unbranched alkanes of at least 4 members (excludes halogenated alkanes) is 24. The molecular weight excluding hydrogens is 500 g/mol. The highest BCUT2D eigenvalue weighted by Gasteiger charge is 1.99. The number of carbonyl (C=O) groups excluding carboxylic acids is 1. The molecule has 0 aromatic carbocycles. The monoisotopic (exact) mass is 573 g/mol. The van der Waals surface area contributed by atoms with E-state index in [-0.39, 0.29) is 6.03 Å². The van der Waals surface area contributed by atoms with Crippen LogP contribution in [-0.2, 0) is 0 Å². The lowest BCUT2D eigenvalue weighted by molar-refractivity contribution is 0.240. The first kappa shape index (κ1) is 39.5. The summed E-state index contributed by atoms with van der Waals surface area (Å²) in [5.74, 6) is 0. The molecule has 0 spiro atoms. The van der Waals surface area contributed by atoms with Gasteiger partial charge in [0.15, 0.2) is 0 Å². The van der Waals surface area contributed by atoms with Crippen molar-refractivity contribution in [3.63, 3.8) is 0 Å². The summed E-state index contributed by atoms with van der Waals surface area (Å²) in [6, 6.07) is 0.0113. The Hall–Kier alpha value is -1.51. The summed E-state index contributed by atoms with van der Waals surface area (Å²) in [4.78, 5) is 11.9. The Morgan fingerprint density at radius 3 is 1.07 bits per heavy atom. The van der Waals surface area contributed by atoms with Crippen molar-refractivity contribution in [1.29, 1.82) is 0 Å². The molecule has 0 bridgehead atoms. The SMILES string of the molecule is C=CCCCCCCC/C=C\CCCCCCCCNC(=O)NCCCCCCCC/C=C\CCCCCCCC. The second kappa shape index (κ2) is 36.5. The van der Waals surface area contributed by atoms with Gasteiger partial charge in [0.1, 0.15) is 0 Å². The quantitative estimate of drug-likeness (QED) is 0.0596. The van der Waals surface area contributed by atoms with Crippen LogP contribution in [0.5, 0.6) is 0 Å². The van der Waals surface area contributed by atoms with Crippen molar-refractivity contribution >= 4 is 6.03 Å². The predicted molar refractivity (Wildman–Crippen MR) is 185 cm³/mol. The molecule has 0 aliphatic carbocycles. The van der Waals surface area contributed by atoms with Crippen LogP contribution < -0.4 is 10.6 Å². The zero-order chi connectivity index (χ0) is 29.7. The number of carbonyl (C=O) groups is 1. The van der Waals surface area contributed by atoms with Crippen molar-refractivity contribution in [2.24, 2.45) is 0 Å². The summed E-state index contributed by atoms with van der Waals surface area (Å²) in [7, 11) is 0. The van der Waals surface area contributed by atoms with Gasteiger partial charge in [0, 0.05) is 13.1 Å². The molecule has 0 atom stereocenters. The smallest absolute Gasteiger partial charge is 0.314 e. The number of rotatable bonds is 33. The molecule has 3 heteroatoms. The number of amides is 2. The van der Waals surface area contributed by atoms with Crippen LogP contribution in [0.3, 0.4) is 0 Å². The van der Waals surface area contributed by atoms with Crippen molar-refractivity contribution in [2.45, 2.75) is 187 Å². The summed E-state index contributed by atoms with van der Waals surface area (Å²) in [6.07, 6.45) is 48.0. The normalized spacial score (nSPS) is 11.5. The van der Waals surface area contributed by atoms with E-state index in [9.17, 15) is 4.79 Å². The maximum atomic E-state index is 11.9. The van der Waals surface area contributed by atoms with Gasteiger partial charge in [0.2, 0.25) is 0 Å². The van der Waals surface area contributed by atoms with Crippen molar-refractivity contribution in [3.05, 3.63) is 37.0 Å². The second-order valence-electron chi connectivity index (χ2n) is 12.1. The Morgan fingerprint density at radius 1 is 0.439 bits per heavy atom. The Morgan fingerprint density at radius 2 is 0.732 bits per heavy atom. The van der Waals surface area contributed by atoms with Crippen LogP contribution in [0.1, 0.15) is 187 Å². The van der Waals surface area contributed by atoms with Crippen LogP contribution in [-0.4, -0.2) is 19.1 Å². The van der Waals surface area contributed by atoms with E-state index in [0.717, 1.165) is 25.9 Å². The van der Waals surface area contributed by atoms with Crippen LogP contribution in [0.25, 0.3) is 0 Å². The summed E-state index contributed by atoms with van der Waals surface area (Å²) in [6.45, 7) is 7.67. The Labute approximate surface area is 257 Å². The van der Waals surface area contributed by atoms with Crippen LogP contribution >= 0.6 is 0 Å². The highest BCUT2D eigenvalue weighted by molar-refractivity contribution is 5.73. The summed E-state index contributed by atoms with van der Waals surface area (Å²) in [5, 5.41) is 6.04. The third kappa shape index (κ3) is 36.5. The zero-order valence-corrected chi connectivity index (χ0v) is 27.7. The van der Waals surface area contributed by atoms with Gasteiger partial charge in [0.05, 0.1) is 0 Å². The Balaban J connectivity index is 3.23. The molecule has 0 aliphatic heterocycles. The molecule has 0 radical (unpaired) electrons. The van der Waals surface area contributed by atoms with Crippen molar-refractivity contribution in [1.82, 2.24) is 10.6 Å². The zero-order valence-electron chi connectivity index (χ0n) is 27.7. The fraction of sp³-hybridized carbons (Fsp3) is 0.816. The van der Waals surface area contributed by atoms with Crippen molar-refractivity contribution < 1.29 is 4.79 Å². The molecule has 41 heavy (non-hydrogen) atoms. The van der Waals surface area contributed by atoms with E-state index in [0.29, 0.717) is 0 Å². The van der Waals surface area contributed by atoms with Crippen LogP contribution in [0.15, 0.2) is 37.0 Å². The van der Waals surface area contributed by atoms with Gasteiger partial charge in [-0.2, -0.15) is 0 Å². The van der Waals surface area contributed by atoms with Crippen LogP contribution in [0, 0.1) is 0 Å². The molecule has 0 rings (SSSR count). The number of hydrogen-bond donors (Lipinski definition) is 2. The van der Waals surface area contributed by atoms with Gasteiger partial charge < -0.3 is 10.6 Å². The first-order chi connectivity index (χ1) is 20.3. The summed E-state index contributed by atoms with van der Waals surface area (Å²) in [5.41, 5.74) is 0. The highest BCUT2D eigenvalue weighted by Crippen LogP contribution is 2.11. The van der Waals surface area contributed by atoms with Crippen LogP contribution in [0.4, 0.5) is 4.79 Å². The minimum atomic E-state index is 0.0113. The molecule has 0 saturated heterocycles. The average Bonchev–Trinajstić information content (AvgIpc) is 2.98. The van der Waals surface area contributed by atoms with E-state index >= 15 is 0 Å². The molecule has 0 fully saturated rings. The van der Waals surface area contributed by atoms with Gasteiger partial charge in [-0.3, -0.25) is 0 Å². The minimum absolute atomic E-state index is 0.0113. The topological polar surface area (TPSA) is 41.1 Å². The predicted octanol–water partition coefficient (Wildman–Crippen LogP) is 12.5. The Bertz CT molecular complexity index is 583. The molecule has 0 aromatic rings. The third-order valence-corrected chi connectivity index (χ3v) is 8.00. The van der Waals surface area contributed by atoms with Crippen LogP contribution in [0.2, 0.25) is 0 Å². The van der Waals surface area contributed by atoms with E-state index in [1.165, 1.54) is 167 Å². The third-order valence-electron chi connectivity index (χ3n) is 8.00. The van der Waals surface area contributed by atoms with E-state index < -0.39 is 0 Å². The second-order valence-corrected chi connectivity index (χ2v) is 12.1. The number of hydrogen-bond acceptors (Lipinski definition) is 1. The van der Waals surface area contributed by atoms with Gasteiger partial charge in [-0.1, -0.05) is 140 Å². The molecule has 240 valence electrons. The van der Waals surface area contributed by atoms with E-state index in [1.807, 2.05) is 6.08 Å². The first-order valence-corrected chi connectivity index (χ1v) is 18.2. The lowest BCUT2D eigenvalue weighted by Gasteiger charge is -2.07. The van der Waals surface area contributed by atoms with Gasteiger partial charge in [0.25, 0.3) is 0 Å². The maximum Gasteiger partial charge on any atom is 0.314 e. The maximum absolute atomic E-state index is 11.9. The lowest BCUT2D eigenvalue weighted by Crippen LogP contribution is -2.36. The molecule has 2 N–H and O–H groups in total. The van der Waals surface area contributed by atoms with E-state index in [1.54, 1.807) is 0 Å². The van der Waals surface area contributed by atoms with Gasteiger partial charge >= 0.3 is 6.03 Å². The molecule has 0 aliphatic rings. The lowest BCUT2D eigenvalue weighted by atomic mass is 10.1. The standard InChI is InChI=1S/C38H72N2O/c1-3-5-7-9-11-13-15-17-19-21-23-25-27-29-31-33-35-37-40-38(41)39-36-34-32-30-28-26-24-22-20-18-16-14-12-10-8-6-4-2/h3,18-21H,1,4-17,22-37H2,2H3,(H2,39,40,41)/b20-18-,21-19-. The van der Waals surface area contributed by atoms with E-state index in [4.69, 9.17) is 0 Å². The molecule has 0 saturated carbocycles. The average molecular weight is 573 g/mol. The van der Waals surface area contributed by atoms with Crippen molar-refractivity contribution in [2.75, 3.05) is 13.1 Å². The number of urea groups is 1. The fourth-order valence-electron chi connectivity index (χ4n) is 5.25. The number of nitrogens with one attached hydrogen (secondary N) is 2. The van der Waals surface area contributed by atoms with E-state index in [2.05, 4.69) is 48.4 Å². The minimum Gasteiger partial charge on any atom is -0.338 e. The molecule has 0 aromatic heterocycles. The highest BCUT2D eigenvalue weighted by atomic mass is 16.2. The van der Waals surface area contributed by atoms with Crippen molar-refractivity contribution in [3.8, 4) is 0 Å². The summed E-state index contributed by atoms with van der Waals surface area (Å²) >= 11 is 0. The van der Waals surface area contributed by atoms with Gasteiger partial charge in [-0.25, -0.2) is 4.79 Å². The molecule has 0 unspecified atom stereocenters. The molecular formula is C38H72N2O. The van der Waals surface area contributed by atoms with Gasteiger partial charge in [-0.05, 0) is 77.0 Å². The molecule has 0 heterocycles. The fourth-order valence-corrected chi connectivity index (χ4v) is 5.25. The molecule has 3 nitrogen and oxygen atoms in total. The van der Waals surface area contributed by atoms with Gasteiger partial charge in [-0.15, -0.1) is 6.58 Å². The largest absolute Gasteiger partial charge is 0.338 e. The summed E-state index contributed by atoms with van der Waals surface area (Å²) < 4.78 is 0. The number of allylic oxidation sites excluding steroid dienone is 5. The molecule has 2 amide bonds. The Kier molecular flexibility index (Phi) is 35.2. The first-order valence-electron chi connectivity index (χ1n) is 18.2.